The first-order valence-electron chi connectivity index (χ1n) is 10.6. The molecule has 4 heterocycles. The summed E-state index contributed by atoms with van der Waals surface area (Å²) in [5.41, 5.74) is 1.90. The zero-order valence-corrected chi connectivity index (χ0v) is 19.3. The van der Waals surface area contributed by atoms with E-state index in [0.717, 1.165) is 11.3 Å². The lowest BCUT2D eigenvalue weighted by Crippen LogP contribution is -2.30. The van der Waals surface area contributed by atoms with E-state index in [1.165, 1.54) is 18.0 Å². The summed E-state index contributed by atoms with van der Waals surface area (Å²) < 4.78 is 13.9. The molecule has 0 spiro atoms. The first-order valence-corrected chi connectivity index (χ1v) is 12.0. The number of amides is 1. The molecule has 0 fully saturated rings. The average molecular weight is 496 g/mol. The van der Waals surface area contributed by atoms with Crippen molar-refractivity contribution < 1.29 is 14.3 Å². The number of nitrogens with zero attached hydrogens (tertiary/aromatic N) is 4. The topological polar surface area (TPSA) is 100 Å². The molecule has 1 N–H and O–H groups in total. The number of aromatic nitrogens is 4. The number of rotatable bonds is 5. The molecule has 172 valence electrons. The molecule has 34 heavy (non-hydrogen) atoms. The first kappa shape index (κ1) is 21.1. The van der Waals surface area contributed by atoms with Crippen molar-refractivity contribution in [3.05, 3.63) is 69.6 Å². The molecule has 1 unspecified atom stereocenters. The standard InChI is InChI=1S/C23H18ClN5O4S/c24-14-2-1-3-15(7-14)29-21-17(10-26-29)22(31)28-16(11-34-23(28)27-21)8-20(30)25-9-13-4-5-18-19(6-13)33-12-32-18/h1-7,10,16H,8-9,11-12H2,(H,25,30). The fourth-order valence-corrected chi connectivity index (χ4v) is 5.43. The number of hydrogen-bond donors (Lipinski definition) is 1. The lowest BCUT2D eigenvalue weighted by atomic mass is 10.2. The second-order valence-corrected chi connectivity index (χ2v) is 9.40. The van der Waals surface area contributed by atoms with Gasteiger partial charge in [-0.05, 0) is 35.9 Å². The van der Waals surface area contributed by atoms with Gasteiger partial charge in [-0.1, -0.05) is 35.5 Å². The van der Waals surface area contributed by atoms with Crippen LogP contribution in [0.25, 0.3) is 16.7 Å². The smallest absolute Gasteiger partial charge is 0.265 e. The molecule has 11 heteroatoms. The maximum Gasteiger partial charge on any atom is 0.265 e. The highest BCUT2D eigenvalue weighted by Crippen LogP contribution is 2.34. The van der Waals surface area contributed by atoms with Crippen molar-refractivity contribution in [1.82, 2.24) is 24.6 Å². The van der Waals surface area contributed by atoms with Crippen LogP contribution in [0.3, 0.4) is 0 Å². The van der Waals surface area contributed by atoms with Crippen LogP contribution in [0.4, 0.5) is 0 Å². The highest BCUT2D eigenvalue weighted by molar-refractivity contribution is 7.99. The van der Waals surface area contributed by atoms with E-state index in [-0.39, 0.29) is 30.7 Å². The van der Waals surface area contributed by atoms with E-state index in [9.17, 15) is 9.59 Å². The van der Waals surface area contributed by atoms with Gasteiger partial charge in [-0.3, -0.25) is 14.2 Å². The Labute approximate surface area is 202 Å². The normalized spacial score (nSPS) is 16.1. The average Bonchev–Trinajstić information content (AvgIpc) is 3.56. The number of carbonyl (C=O) groups excluding carboxylic acids is 1. The number of halogens is 1. The van der Waals surface area contributed by atoms with Crippen LogP contribution >= 0.6 is 23.4 Å². The molecule has 0 aliphatic carbocycles. The number of thioether (sulfide) groups is 1. The molecule has 2 aliphatic heterocycles. The zero-order valence-electron chi connectivity index (χ0n) is 17.7. The number of ether oxygens (including phenoxy) is 2. The number of nitrogens with one attached hydrogen (secondary N) is 1. The van der Waals surface area contributed by atoms with Gasteiger partial charge in [-0.2, -0.15) is 5.10 Å². The Morgan fingerprint density at radius 2 is 2.09 bits per heavy atom. The Morgan fingerprint density at radius 1 is 1.21 bits per heavy atom. The molecular formula is C23H18ClN5O4S. The summed E-state index contributed by atoms with van der Waals surface area (Å²) in [5.74, 6) is 1.83. The van der Waals surface area contributed by atoms with Crippen molar-refractivity contribution in [1.29, 1.82) is 0 Å². The Balaban J connectivity index is 1.21. The van der Waals surface area contributed by atoms with E-state index < -0.39 is 0 Å². The molecule has 2 aromatic carbocycles. The van der Waals surface area contributed by atoms with Crippen molar-refractivity contribution in [2.45, 2.75) is 24.2 Å². The highest BCUT2D eigenvalue weighted by Gasteiger charge is 2.29. The Bertz CT molecular complexity index is 1500. The number of hydrogen-bond acceptors (Lipinski definition) is 7. The molecule has 2 aliphatic rings. The summed E-state index contributed by atoms with van der Waals surface area (Å²) in [6.45, 7) is 0.568. The molecule has 2 aromatic heterocycles. The number of benzene rings is 2. The summed E-state index contributed by atoms with van der Waals surface area (Å²) in [6.07, 6.45) is 1.69. The molecule has 0 bridgehead atoms. The molecule has 0 saturated carbocycles. The maximum absolute atomic E-state index is 13.3. The van der Waals surface area contributed by atoms with Crippen LogP contribution in [-0.2, 0) is 11.3 Å². The third-order valence-electron chi connectivity index (χ3n) is 5.77. The minimum Gasteiger partial charge on any atom is -0.454 e. The predicted molar refractivity (Wildman–Crippen MR) is 127 cm³/mol. The van der Waals surface area contributed by atoms with E-state index in [1.54, 1.807) is 21.4 Å². The SMILES string of the molecule is O=C(CC1CSc2nc3c(cnn3-c3cccc(Cl)c3)c(=O)n21)NCc1ccc2c(c1)OCO2. The molecule has 6 rings (SSSR count). The van der Waals surface area contributed by atoms with Gasteiger partial charge >= 0.3 is 0 Å². The van der Waals surface area contributed by atoms with Crippen LogP contribution in [0.15, 0.2) is 58.6 Å². The lowest BCUT2D eigenvalue weighted by Gasteiger charge is -2.13. The van der Waals surface area contributed by atoms with Crippen molar-refractivity contribution in [2.75, 3.05) is 12.5 Å². The van der Waals surface area contributed by atoms with Gasteiger partial charge in [0.15, 0.2) is 22.3 Å². The summed E-state index contributed by atoms with van der Waals surface area (Å²) in [4.78, 5) is 30.6. The molecule has 0 radical (unpaired) electrons. The number of carbonyl (C=O) groups is 1. The van der Waals surface area contributed by atoms with Crippen LogP contribution < -0.4 is 20.3 Å². The van der Waals surface area contributed by atoms with E-state index in [1.807, 2.05) is 30.3 Å². The molecule has 9 nitrogen and oxygen atoms in total. The fraction of sp³-hybridized carbons (Fsp3) is 0.217. The quantitative estimate of drug-likeness (QED) is 0.424. The molecule has 1 atom stereocenters. The van der Waals surface area contributed by atoms with Gasteiger partial charge in [-0.15, -0.1) is 0 Å². The molecule has 0 saturated heterocycles. The zero-order chi connectivity index (χ0) is 23.2. The van der Waals surface area contributed by atoms with Gasteiger partial charge in [-0.25, -0.2) is 9.67 Å². The Hall–Kier alpha value is -3.50. The van der Waals surface area contributed by atoms with Crippen LogP contribution in [0.2, 0.25) is 5.02 Å². The summed E-state index contributed by atoms with van der Waals surface area (Å²) in [5, 5.41) is 8.83. The van der Waals surface area contributed by atoms with Crippen LogP contribution in [0, 0.1) is 0 Å². The largest absolute Gasteiger partial charge is 0.454 e. The minimum absolute atomic E-state index is 0.141. The molecule has 4 aromatic rings. The van der Waals surface area contributed by atoms with Gasteiger partial charge in [0.2, 0.25) is 12.7 Å². The van der Waals surface area contributed by atoms with Gasteiger partial charge in [0.25, 0.3) is 5.56 Å². The van der Waals surface area contributed by atoms with Crippen LogP contribution in [-0.4, -0.2) is 37.8 Å². The third-order valence-corrected chi connectivity index (χ3v) is 7.10. The van der Waals surface area contributed by atoms with Crippen molar-refractivity contribution in [3.8, 4) is 17.2 Å². The lowest BCUT2D eigenvalue weighted by molar-refractivity contribution is -0.121. The minimum atomic E-state index is -0.282. The monoisotopic (exact) mass is 495 g/mol. The van der Waals surface area contributed by atoms with E-state index in [4.69, 9.17) is 26.1 Å². The van der Waals surface area contributed by atoms with E-state index in [2.05, 4.69) is 10.4 Å². The molecule has 1 amide bonds. The maximum atomic E-state index is 13.3. The Kier molecular flexibility index (Phi) is 5.19. The number of fused-ring (bicyclic) bond motifs is 3. The van der Waals surface area contributed by atoms with Crippen LogP contribution in [0.5, 0.6) is 11.5 Å². The van der Waals surface area contributed by atoms with Gasteiger partial charge in [0, 0.05) is 23.7 Å². The van der Waals surface area contributed by atoms with Gasteiger partial charge < -0.3 is 14.8 Å². The van der Waals surface area contributed by atoms with Gasteiger partial charge in [0.05, 0.1) is 17.9 Å². The Morgan fingerprint density at radius 3 is 2.97 bits per heavy atom. The third kappa shape index (κ3) is 3.68. The van der Waals surface area contributed by atoms with Crippen molar-refractivity contribution in [2.24, 2.45) is 0 Å². The highest BCUT2D eigenvalue weighted by atomic mass is 35.5. The van der Waals surface area contributed by atoms with E-state index >= 15 is 0 Å². The van der Waals surface area contributed by atoms with Crippen molar-refractivity contribution in [3.63, 3.8) is 0 Å². The second-order valence-electron chi connectivity index (χ2n) is 7.98. The fourth-order valence-electron chi connectivity index (χ4n) is 4.12. The second kappa shape index (κ2) is 8.37. The van der Waals surface area contributed by atoms with Crippen molar-refractivity contribution >= 4 is 40.3 Å². The molecular weight excluding hydrogens is 478 g/mol. The summed E-state index contributed by atoms with van der Waals surface area (Å²) >= 11 is 7.57. The first-order chi connectivity index (χ1) is 16.6. The van der Waals surface area contributed by atoms with Crippen LogP contribution in [0.1, 0.15) is 18.0 Å². The predicted octanol–water partition coefficient (Wildman–Crippen LogP) is 3.32. The van der Waals surface area contributed by atoms with Gasteiger partial charge in [0.1, 0.15) is 5.39 Å². The summed E-state index contributed by atoms with van der Waals surface area (Å²) in [7, 11) is 0. The summed E-state index contributed by atoms with van der Waals surface area (Å²) in [6, 6.07) is 12.5. The van der Waals surface area contributed by atoms with E-state index in [0.29, 0.717) is 45.0 Å².